The second-order valence-electron chi connectivity index (χ2n) is 4.51. The predicted molar refractivity (Wildman–Crippen MR) is 68.9 cm³/mol. The molecule has 1 aromatic heterocycles. The Hall–Kier alpha value is -2.20. The van der Waals surface area contributed by atoms with Gasteiger partial charge in [0.25, 0.3) is 0 Å². The summed E-state index contributed by atoms with van der Waals surface area (Å²) in [6.07, 6.45) is 3.89. The number of nitrogens with two attached hydrogens (primary N) is 1. The Bertz CT molecular complexity index is 597. The lowest BCUT2D eigenvalue weighted by Gasteiger charge is -2.22. The van der Waals surface area contributed by atoms with Gasteiger partial charge < -0.3 is 11.1 Å². The molecule has 4 nitrogen and oxygen atoms in total. The van der Waals surface area contributed by atoms with Gasteiger partial charge in [-0.05, 0) is 17.7 Å². The minimum atomic E-state index is -1.00. The van der Waals surface area contributed by atoms with Crippen LogP contribution in [0.5, 0.6) is 0 Å². The van der Waals surface area contributed by atoms with Gasteiger partial charge in [-0.1, -0.05) is 24.3 Å². The Balaban J connectivity index is 2.02. The van der Waals surface area contributed by atoms with E-state index in [9.17, 15) is 4.79 Å². The summed E-state index contributed by atoms with van der Waals surface area (Å²) in [6, 6.07) is 11.3. The molecule has 0 saturated heterocycles. The fourth-order valence-corrected chi connectivity index (χ4v) is 2.34. The number of hydrogen-bond acceptors (Lipinski definition) is 3. The first-order valence-corrected chi connectivity index (χ1v) is 5.79. The van der Waals surface area contributed by atoms with Gasteiger partial charge in [0, 0.05) is 30.1 Å². The minimum absolute atomic E-state index is 0.160. The fraction of sp³-hybridized carbons (Fsp3) is 0.143. The quantitative estimate of drug-likeness (QED) is 0.833. The Morgan fingerprint density at radius 1 is 1.22 bits per heavy atom. The lowest BCUT2D eigenvalue weighted by atomic mass is 9.86. The van der Waals surface area contributed by atoms with Crippen molar-refractivity contribution in [1.29, 1.82) is 0 Å². The van der Waals surface area contributed by atoms with Gasteiger partial charge in [-0.25, -0.2) is 0 Å². The van der Waals surface area contributed by atoms with E-state index >= 15 is 0 Å². The van der Waals surface area contributed by atoms with Crippen molar-refractivity contribution in [3.63, 3.8) is 0 Å². The number of hydrogen-bond donors (Lipinski definition) is 2. The summed E-state index contributed by atoms with van der Waals surface area (Å²) in [5.74, 6) is -0.160. The maximum absolute atomic E-state index is 12.1. The summed E-state index contributed by atoms with van der Waals surface area (Å²) < 4.78 is 0. The van der Waals surface area contributed by atoms with E-state index in [0.717, 1.165) is 16.8 Å². The number of aromatic nitrogens is 1. The number of carbonyl (C=O) groups excluding carboxylic acids is 1. The molecule has 18 heavy (non-hydrogen) atoms. The van der Waals surface area contributed by atoms with Gasteiger partial charge in [0.1, 0.15) is 5.54 Å². The molecule has 3 N–H and O–H groups in total. The number of carbonyl (C=O) groups is 1. The highest BCUT2D eigenvalue weighted by atomic mass is 16.2. The van der Waals surface area contributed by atoms with Crippen molar-refractivity contribution in [3.8, 4) is 0 Å². The Morgan fingerprint density at radius 2 is 2.06 bits per heavy atom. The summed E-state index contributed by atoms with van der Waals surface area (Å²) in [7, 11) is 0. The topological polar surface area (TPSA) is 68.0 Å². The lowest BCUT2D eigenvalue weighted by Crippen LogP contribution is -2.45. The second kappa shape index (κ2) is 3.92. The van der Waals surface area contributed by atoms with Crippen LogP contribution in [0.25, 0.3) is 0 Å². The first kappa shape index (κ1) is 10.9. The van der Waals surface area contributed by atoms with Gasteiger partial charge in [0.05, 0.1) is 0 Å². The van der Waals surface area contributed by atoms with Crippen LogP contribution in [0.3, 0.4) is 0 Å². The van der Waals surface area contributed by atoms with Crippen molar-refractivity contribution >= 4 is 11.6 Å². The number of pyridine rings is 1. The molecule has 90 valence electrons. The smallest absolute Gasteiger partial charge is 0.249 e. The van der Waals surface area contributed by atoms with E-state index in [4.69, 9.17) is 5.73 Å². The average Bonchev–Trinajstić information content (AvgIpc) is 2.63. The number of fused-ring (bicyclic) bond motifs is 1. The number of benzene rings is 1. The number of nitrogens with one attached hydrogen (secondary N) is 1. The van der Waals surface area contributed by atoms with Crippen molar-refractivity contribution < 1.29 is 4.79 Å². The molecular formula is C14H13N3O. The number of rotatable bonds is 2. The Morgan fingerprint density at radius 3 is 2.83 bits per heavy atom. The van der Waals surface area contributed by atoms with Crippen LogP contribution in [0, 0.1) is 0 Å². The molecule has 0 saturated carbocycles. The van der Waals surface area contributed by atoms with Crippen LogP contribution in [0.4, 0.5) is 5.69 Å². The molecule has 1 unspecified atom stereocenters. The summed E-state index contributed by atoms with van der Waals surface area (Å²) in [5.41, 5.74) is 7.90. The van der Waals surface area contributed by atoms with Crippen molar-refractivity contribution in [2.75, 3.05) is 5.32 Å². The van der Waals surface area contributed by atoms with Crippen molar-refractivity contribution in [2.24, 2.45) is 5.73 Å². The van der Waals surface area contributed by atoms with Gasteiger partial charge >= 0.3 is 0 Å². The molecule has 1 aromatic carbocycles. The van der Waals surface area contributed by atoms with E-state index in [1.807, 2.05) is 36.4 Å². The maximum atomic E-state index is 12.1. The zero-order valence-corrected chi connectivity index (χ0v) is 9.76. The molecule has 4 heteroatoms. The van der Waals surface area contributed by atoms with Crippen molar-refractivity contribution in [1.82, 2.24) is 4.98 Å². The molecule has 2 heterocycles. The van der Waals surface area contributed by atoms with Crippen LogP contribution in [-0.2, 0) is 16.8 Å². The average molecular weight is 239 g/mol. The first-order valence-electron chi connectivity index (χ1n) is 5.79. The Labute approximate surface area is 105 Å². The molecular weight excluding hydrogens is 226 g/mol. The molecule has 0 fully saturated rings. The number of anilines is 1. The van der Waals surface area contributed by atoms with Crippen LogP contribution >= 0.6 is 0 Å². The molecule has 0 spiro atoms. The van der Waals surface area contributed by atoms with Gasteiger partial charge in [0.15, 0.2) is 0 Å². The van der Waals surface area contributed by atoms with E-state index in [1.165, 1.54) is 0 Å². The number of para-hydroxylation sites is 1. The van der Waals surface area contributed by atoms with Crippen LogP contribution in [-0.4, -0.2) is 10.9 Å². The molecule has 0 bridgehead atoms. The normalized spacial score (nSPS) is 21.5. The largest absolute Gasteiger partial charge is 0.324 e. The van der Waals surface area contributed by atoms with Gasteiger partial charge in [-0.3, -0.25) is 9.78 Å². The SMILES string of the molecule is NC1(Cc2cccnc2)C(=O)Nc2ccccc21. The van der Waals surface area contributed by atoms with Gasteiger partial charge in [0.2, 0.25) is 5.91 Å². The number of nitrogens with zero attached hydrogens (tertiary/aromatic N) is 1. The van der Waals surface area contributed by atoms with Gasteiger partial charge in [-0.2, -0.15) is 0 Å². The van der Waals surface area contributed by atoms with Crippen LogP contribution in [0.2, 0.25) is 0 Å². The van der Waals surface area contributed by atoms with Crippen LogP contribution < -0.4 is 11.1 Å². The van der Waals surface area contributed by atoms with Gasteiger partial charge in [-0.15, -0.1) is 0 Å². The van der Waals surface area contributed by atoms with E-state index in [0.29, 0.717) is 6.42 Å². The fourth-order valence-electron chi connectivity index (χ4n) is 2.34. The summed E-state index contributed by atoms with van der Waals surface area (Å²) in [4.78, 5) is 16.2. The highest BCUT2D eigenvalue weighted by Gasteiger charge is 2.43. The molecule has 1 atom stereocenters. The highest BCUT2D eigenvalue weighted by Crippen LogP contribution is 2.35. The molecule has 1 aliphatic rings. The van der Waals surface area contributed by atoms with E-state index < -0.39 is 5.54 Å². The monoisotopic (exact) mass is 239 g/mol. The molecule has 0 aliphatic carbocycles. The molecule has 0 radical (unpaired) electrons. The maximum Gasteiger partial charge on any atom is 0.249 e. The minimum Gasteiger partial charge on any atom is -0.324 e. The lowest BCUT2D eigenvalue weighted by molar-refractivity contribution is -0.120. The summed E-state index contributed by atoms with van der Waals surface area (Å²) in [6.45, 7) is 0. The standard InChI is InChI=1S/C14H13N3O/c15-14(8-10-4-3-7-16-9-10)11-5-1-2-6-12(11)17-13(14)18/h1-7,9H,8,15H2,(H,17,18). The molecule has 1 amide bonds. The van der Waals surface area contributed by atoms with Crippen LogP contribution in [0.1, 0.15) is 11.1 Å². The van der Waals surface area contributed by atoms with E-state index in [-0.39, 0.29) is 5.91 Å². The van der Waals surface area contributed by atoms with E-state index in [1.54, 1.807) is 12.4 Å². The zero-order valence-electron chi connectivity index (χ0n) is 9.76. The van der Waals surface area contributed by atoms with Crippen molar-refractivity contribution in [2.45, 2.75) is 12.0 Å². The summed E-state index contributed by atoms with van der Waals surface area (Å²) >= 11 is 0. The van der Waals surface area contributed by atoms with Crippen LogP contribution in [0.15, 0.2) is 48.8 Å². The predicted octanol–water partition coefficient (Wildman–Crippen LogP) is 1.43. The highest BCUT2D eigenvalue weighted by molar-refractivity contribution is 6.05. The molecule has 1 aliphatic heterocycles. The molecule has 3 rings (SSSR count). The summed E-state index contributed by atoms with van der Waals surface area (Å²) in [5, 5.41) is 2.82. The third-order valence-electron chi connectivity index (χ3n) is 3.27. The Kier molecular flexibility index (Phi) is 2.38. The van der Waals surface area contributed by atoms with Crippen molar-refractivity contribution in [3.05, 3.63) is 59.9 Å². The third-order valence-corrected chi connectivity index (χ3v) is 3.27. The third kappa shape index (κ3) is 1.58. The van der Waals surface area contributed by atoms with E-state index in [2.05, 4.69) is 10.3 Å². The zero-order chi connectivity index (χ0) is 12.6. The number of amides is 1. The molecule has 2 aromatic rings. The first-order chi connectivity index (χ1) is 8.70. The second-order valence-corrected chi connectivity index (χ2v) is 4.51.